The van der Waals surface area contributed by atoms with Gasteiger partial charge in [0.15, 0.2) is 11.5 Å². The number of hydrogen-bond acceptors (Lipinski definition) is 5. The molecule has 5 heteroatoms. The molecule has 2 rings (SSSR count). The number of rotatable bonds is 6. The topological polar surface area (TPSA) is 51.2 Å². The summed E-state index contributed by atoms with van der Waals surface area (Å²) in [6.45, 7) is 4.85. The molecule has 0 saturated carbocycles. The summed E-state index contributed by atoms with van der Waals surface area (Å²) in [5, 5.41) is 9.32. The standard InChI is InChI=1S/C14H21NO4/c1-17-13-4-2-3-12(11-16)14(13)19-10-7-15-5-8-18-9-6-15/h2-4,16H,5-11H2,1H3. The molecule has 19 heavy (non-hydrogen) atoms. The highest BCUT2D eigenvalue weighted by Gasteiger charge is 2.12. The molecule has 1 heterocycles. The van der Waals surface area contributed by atoms with Gasteiger partial charge in [0.25, 0.3) is 0 Å². The van der Waals surface area contributed by atoms with Crippen molar-refractivity contribution < 1.29 is 19.3 Å². The molecule has 0 unspecified atom stereocenters. The molecule has 0 radical (unpaired) electrons. The number of nitrogens with zero attached hydrogens (tertiary/aromatic N) is 1. The predicted octanol–water partition coefficient (Wildman–Crippen LogP) is 0.898. The van der Waals surface area contributed by atoms with Crippen molar-refractivity contribution >= 4 is 0 Å². The second-order valence-corrected chi connectivity index (χ2v) is 4.41. The molecule has 0 atom stereocenters. The number of methoxy groups -OCH3 is 1. The predicted molar refractivity (Wildman–Crippen MR) is 71.7 cm³/mol. The molecule has 5 nitrogen and oxygen atoms in total. The molecule has 1 aromatic rings. The molecular weight excluding hydrogens is 246 g/mol. The summed E-state index contributed by atoms with van der Waals surface area (Å²) in [4.78, 5) is 2.30. The molecule has 106 valence electrons. The van der Waals surface area contributed by atoms with Crippen LogP contribution < -0.4 is 9.47 Å². The third-order valence-electron chi connectivity index (χ3n) is 3.21. The van der Waals surface area contributed by atoms with Crippen LogP contribution in [-0.2, 0) is 11.3 Å². The normalized spacial score (nSPS) is 16.3. The summed E-state index contributed by atoms with van der Waals surface area (Å²) in [5.41, 5.74) is 0.751. The van der Waals surface area contributed by atoms with E-state index in [9.17, 15) is 5.11 Å². The van der Waals surface area contributed by atoms with E-state index in [1.54, 1.807) is 7.11 Å². The fourth-order valence-electron chi connectivity index (χ4n) is 2.11. The number of para-hydroxylation sites is 1. The molecule has 1 aliphatic heterocycles. The van der Waals surface area contributed by atoms with Crippen LogP contribution in [0, 0.1) is 0 Å². The van der Waals surface area contributed by atoms with Crippen LogP contribution in [0.3, 0.4) is 0 Å². The Labute approximate surface area is 113 Å². The first-order valence-electron chi connectivity index (χ1n) is 6.55. The number of morpholine rings is 1. The average Bonchev–Trinajstić information content (AvgIpc) is 2.48. The zero-order chi connectivity index (χ0) is 13.5. The Kier molecular flexibility index (Phi) is 5.44. The van der Waals surface area contributed by atoms with Gasteiger partial charge in [0.05, 0.1) is 26.9 Å². The van der Waals surface area contributed by atoms with E-state index in [0.717, 1.165) is 38.4 Å². The molecule has 0 aliphatic carbocycles. The molecule has 1 aliphatic rings. The molecule has 1 fully saturated rings. The minimum Gasteiger partial charge on any atom is -0.493 e. The highest BCUT2D eigenvalue weighted by atomic mass is 16.5. The van der Waals surface area contributed by atoms with E-state index in [4.69, 9.17) is 14.2 Å². The molecule has 1 N–H and O–H groups in total. The van der Waals surface area contributed by atoms with Crippen molar-refractivity contribution in [3.63, 3.8) is 0 Å². The van der Waals surface area contributed by atoms with Gasteiger partial charge in [-0.2, -0.15) is 0 Å². The van der Waals surface area contributed by atoms with Crippen LogP contribution >= 0.6 is 0 Å². The van der Waals surface area contributed by atoms with Gasteiger partial charge in [-0.3, -0.25) is 4.90 Å². The van der Waals surface area contributed by atoms with E-state index in [0.29, 0.717) is 18.1 Å². The summed E-state index contributed by atoms with van der Waals surface area (Å²) in [6, 6.07) is 5.52. The Hall–Kier alpha value is -1.30. The molecule has 0 amide bonds. The Bertz CT molecular complexity index is 369. The SMILES string of the molecule is COc1cccc(CO)c1OCCN1CCOCC1. The third kappa shape index (κ3) is 3.83. The monoisotopic (exact) mass is 267 g/mol. The van der Waals surface area contributed by atoms with Crippen LogP contribution in [0.4, 0.5) is 0 Å². The van der Waals surface area contributed by atoms with Crippen LogP contribution in [0.5, 0.6) is 11.5 Å². The van der Waals surface area contributed by atoms with Gasteiger partial charge < -0.3 is 19.3 Å². The number of benzene rings is 1. The van der Waals surface area contributed by atoms with Crippen molar-refractivity contribution in [1.29, 1.82) is 0 Å². The highest BCUT2D eigenvalue weighted by molar-refractivity contribution is 5.46. The number of hydrogen-bond donors (Lipinski definition) is 1. The van der Waals surface area contributed by atoms with E-state index in [2.05, 4.69) is 4.90 Å². The smallest absolute Gasteiger partial charge is 0.166 e. The van der Waals surface area contributed by atoms with E-state index < -0.39 is 0 Å². The number of ether oxygens (including phenoxy) is 3. The van der Waals surface area contributed by atoms with Crippen molar-refractivity contribution in [2.75, 3.05) is 46.6 Å². The first kappa shape index (κ1) is 14.1. The van der Waals surface area contributed by atoms with Crippen LogP contribution in [0.2, 0.25) is 0 Å². The van der Waals surface area contributed by atoms with Crippen molar-refractivity contribution in [3.05, 3.63) is 23.8 Å². The quantitative estimate of drug-likeness (QED) is 0.830. The van der Waals surface area contributed by atoms with Crippen LogP contribution in [-0.4, -0.2) is 56.6 Å². The molecule has 0 bridgehead atoms. The van der Waals surface area contributed by atoms with Gasteiger partial charge in [-0.15, -0.1) is 0 Å². The van der Waals surface area contributed by atoms with Crippen molar-refractivity contribution in [1.82, 2.24) is 4.90 Å². The summed E-state index contributed by atoms with van der Waals surface area (Å²) >= 11 is 0. The van der Waals surface area contributed by atoms with Crippen molar-refractivity contribution in [2.45, 2.75) is 6.61 Å². The Morgan fingerprint density at radius 1 is 1.32 bits per heavy atom. The second kappa shape index (κ2) is 7.33. The van der Waals surface area contributed by atoms with Gasteiger partial charge >= 0.3 is 0 Å². The third-order valence-corrected chi connectivity index (χ3v) is 3.21. The van der Waals surface area contributed by atoms with Gasteiger partial charge in [-0.25, -0.2) is 0 Å². The summed E-state index contributed by atoms with van der Waals surface area (Å²) in [7, 11) is 1.60. The minimum absolute atomic E-state index is 0.0515. The highest BCUT2D eigenvalue weighted by Crippen LogP contribution is 2.30. The largest absolute Gasteiger partial charge is 0.493 e. The van der Waals surface area contributed by atoms with Gasteiger partial charge in [0, 0.05) is 25.2 Å². The van der Waals surface area contributed by atoms with Crippen LogP contribution in [0.25, 0.3) is 0 Å². The first-order valence-corrected chi connectivity index (χ1v) is 6.55. The van der Waals surface area contributed by atoms with Gasteiger partial charge in [-0.05, 0) is 6.07 Å². The zero-order valence-corrected chi connectivity index (χ0v) is 11.3. The van der Waals surface area contributed by atoms with E-state index in [-0.39, 0.29) is 6.61 Å². The maximum atomic E-state index is 9.32. The fraction of sp³-hybridized carbons (Fsp3) is 0.571. The second-order valence-electron chi connectivity index (χ2n) is 4.41. The van der Waals surface area contributed by atoms with Crippen molar-refractivity contribution in [2.24, 2.45) is 0 Å². The van der Waals surface area contributed by atoms with E-state index in [1.807, 2.05) is 18.2 Å². The van der Waals surface area contributed by atoms with Crippen LogP contribution in [0.1, 0.15) is 5.56 Å². The molecule has 0 aromatic heterocycles. The Morgan fingerprint density at radius 3 is 2.79 bits per heavy atom. The fourth-order valence-corrected chi connectivity index (χ4v) is 2.11. The summed E-state index contributed by atoms with van der Waals surface area (Å²) in [5.74, 6) is 1.30. The Balaban J connectivity index is 1.90. The first-order chi connectivity index (χ1) is 9.35. The number of aliphatic hydroxyl groups is 1. The minimum atomic E-state index is -0.0515. The lowest BCUT2D eigenvalue weighted by atomic mass is 10.2. The van der Waals surface area contributed by atoms with E-state index >= 15 is 0 Å². The lowest BCUT2D eigenvalue weighted by molar-refractivity contribution is 0.0320. The lowest BCUT2D eigenvalue weighted by Gasteiger charge is -2.26. The number of aliphatic hydroxyl groups excluding tert-OH is 1. The summed E-state index contributed by atoms with van der Waals surface area (Å²) < 4.78 is 16.3. The van der Waals surface area contributed by atoms with Gasteiger partial charge in [0.2, 0.25) is 0 Å². The Morgan fingerprint density at radius 2 is 2.11 bits per heavy atom. The molecule has 1 aromatic carbocycles. The maximum Gasteiger partial charge on any atom is 0.166 e. The molecular formula is C14H21NO4. The average molecular weight is 267 g/mol. The maximum absolute atomic E-state index is 9.32. The van der Waals surface area contributed by atoms with Gasteiger partial charge in [0.1, 0.15) is 6.61 Å². The lowest BCUT2D eigenvalue weighted by Crippen LogP contribution is -2.38. The van der Waals surface area contributed by atoms with E-state index in [1.165, 1.54) is 0 Å². The van der Waals surface area contributed by atoms with Crippen molar-refractivity contribution in [3.8, 4) is 11.5 Å². The summed E-state index contributed by atoms with van der Waals surface area (Å²) in [6.07, 6.45) is 0. The van der Waals surface area contributed by atoms with Gasteiger partial charge in [-0.1, -0.05) is 12.1 Å². The zero-order valence-electron chi connectivity index (χ0n) is 11.3. The molecule has 1 saturated heterocycles. The van der Waals surface area contributed by atoms with Crippen LogP contribution in [0.15, 0.2) is 18.2 Å². The molecule has 0 spiro atoms.